The quantitative estimate of drug-likeness (QED) is 0.167. The van der Waals surface area contributed by atoms with Gasteiger partial charge in [0, 0.05) is 65.6 Å². The van der Waals surface area contributed by atoms with Crippen molar-refractivity contribution in [1.29, 1.82) is 0 Å². The van der Waals surface area contributed by atoms with Crippen molar-refractivity contribution >= 4 is 87.2 Å². The third kappa shape index (κ3) is 5.62. The normalized spacial score (nSPS) is 12.0. The van der Waals surface area contributed by atoms with Gasteiger partial charge in [0.15, 0.2) is 0 Å². The maximum absolute atomic E-state index is 5.54. The lowest BCUT2D eigenvalue weighted by Crippen LogP contribution is -2.03. The lowest BCUT2D eigenvalue weighted by molar-refractivity contribution is 1.06. The Morgan fingerprint density at radius 2 is 0.529 bits per heavy atom. The number of fused-ring (bicyclic) bond motifs is 13. The molecule has 6 aromatic heterocycles. The fourth-order valence-corrected chi connectivity index (χ4v) is 11.4. The molecule has 0 amide bonds. The minimum atomic E-state index is 0.846. The number of aromatic nitrogens is 6. The van der Waals surface area contributed by atoms with Crippen LogP contribution < -0.4 is 0 Å². The largest absolute Gasteiger partial charge is 0.309 e. The zero-order chi connectivity index (χ0) is 45.9. The third-order valence-electron chi connectivity index (χ3n) is 14.4. The summed E-state index contributed by atoms with van der Waals surface area (Å²) in [6.45, 7) is 0. The van der Waals surface area contributed by atoms with Crippen molar-refractivity contribution in [2.75, 3.05) is 0 Å². The molecule has 6 nitrogen and oxygen atoms in total. The van der Waals surface area contributed by atoms with E-state index in [0.29, 0.717) is 0 Å². The highest BCUT2D eigenvalue weighted by atomic mass is 15.1. The molecule has 0 aliphatic carbocycles. The van der Waals surface area contributed by atoms with Crippen molar-refractivity contribution < 1.29 is 0 Å². The number of benzene rings is 9. The lowest BCUT2D eigenvalue weighted by atomic mass is 10.1. The topological polar surface area (TPSA) is 45.5 Å². The van der Waals surface area contributed by atoms with Crippen molar-refractivity contribution in [2.24, 2.45) is 0 Å². The van der Waals surface area contributed by atoms with Crippen LogP contribution >= 0.6 is 0 Å². The van der Waals surface area contributed by atoms with E-state index in [1.807, 2.05) is 0 Å². The molecule has 6 heterocycles. The summed E-state index contributed by atoms with van der Waals surface area (Å²) in [6, 6.07) is 87.0. The van der Waals surface area contributed by atoms with E-state index < -0.39 is 0 Å². The number of nitrogens with zero attached hydrogens (tertiary/aromatic N) is 6. The van der Waals surface area contributed by atoms with Crippen LogP contribution in [0.1, 0.15) is 0 Å². The van der Waals surface area contributed by atoms with Crippen molar-refractivity contribution in [2.45, 2.75) is 0 Å². The van der Waals surface area contributed by atoms with E-state index in [-0.39, 0.29) is 0 Å². The molecular weight excluding hydrogens is 853 g/mol. The molecule has 15 rings (SSSR count). The van der Waals surface area contributed by atoms with Crippen LogP contribution in [0.15, 0.2) is 243 Å². The Bertz CT molecular complexity index is 4220. The second-order valence-corrected chi connectivity index (χ2v) is 18.2. The molecule has 0 aliphatic heterocycles. The van der Waals surface area contributed by atoms with E-state index in [4.69, 9.17) is 9.97 Å². The van der Waals surface area contributed by atoms with Crippen LogP contribution in [-0.4, -0.2) is 28.2 Å². The average molecular weight is 893 g/mol. The summed E-state index contributed by atoms with van der Waals surface area (Å²) in [6.07, 6.45) is 0. The fourth-order valence-electron chi connectivity index (χ4n) is 11.4. The molecule has 0 saturated carbocycles. The van der Waals surface area contributed by atoms with Gasteiger partial charge >= 0.3 is 0 Å². The predicted octanol–water partition coefficient (Wildman–Crippen LogP) is 16.2. The van der Waals surface area contributed by atoms with Gasteiger partial charge in [0.05, 0.1) is 55.5 Å². The highest BCUT2D eigenvalue weighted by Gasteiger charge is 2.23. The Kier molecular flexibility index (Phi) is 8.26. The SMILES string of the molecule is c1cc(-c2cccc(-n3c4ccccc4c4ccc5c6ccccc6n(-c6cccc(-c7cccc(-n8c9ccccc9c9ccccc98)c7)n6)c5c43)n2)cc(-n2c3ccccc3c3ccccc32)c1. The Morgan fingerprint density at radius 1 is 0.229 bits per heavy atom. The van der Waals surface area contributed by atoms with E-state index in [1.165, 1.54) is 54.4 Å². The molecule has 70 heavy (non-hydrogen) atoms. The zero-order valence-electron chi connectivity index (χ0n) is 37.8. The summed E-state index contributed by atoms with van der Waals surface area (Å²) in [5, 5.41) is 9.61. The Balaban J connectivity index is 0.920. The molecule has 0 atom stereocenters. The smallest absolute Gasteiger partial charge is 0.138 e. The molecule has 0 saturated heterocycles. The summed E-state index contributed by atoms with van der Waals surface area (Å²) in [5.74, 6) is 1.69. The minimum Gasteiger partial charge on any atom is -0.309 e. The molecule has 326 valence electrons. The highest BCUT2D eigenvalue weighted by Crippen LogP contribution is 2.42. The summed E-state index contributed by atoms with van der Waals surface area (Å²) in [7, 11) is 0. The minimum absolute atomic E-state index is 0.846. The second-order valence-electron chi connectivity index (χ2n) is 18.2. The van der Waals surface area contributed by atoms with Crippen LogP contribution in [0, 0.1) is 0 Å². The summed E-state index contributed by atoms with van der Waals surface area (Å²) >= 11 is 0. The van der Waals surface area contributed by atoms with Gasteiger partial charge < -0.3 is 9.13 Å². The third-order valence-corrected chi connectivity index (χ3v) is 14.4. The molecule has 0 bridgehead atoms. The van der Waals surface area contributed by atoms with Gasteiger partial charge in [-0.1, -0.05) is 158 Å². The predicted molar refractivity (Wildman–Crippen MR) is 290 cm³/mol. The van der Waals surface area contributed by atoms with E-state index in [9.17, 15) is 0 Å². The van der Waals surface area contributed by atoms with Gasteiger partial charge in [-0.05, 0) is 84.9 Å². The maximum atomic E-state index is 5.54. The van der Waals surface area contributed by atoms with Crippen LogP contribution in [0.5, 0.6) is 0 Å². The van der Waals surface area contributed by atoms with Gasteiger partial charge in [0.25, 0.3) is 0 Å². The molecule has 0 fully saturated rings. The van der Waals surface area contributed by atoms with E-state index >= 15 is 0 Å². The van der Waals surface area contributed by atoms with E-state index in [1.54, 1.807) is 0 Å². The van der Waals surface area contributed by atoms with E-state index in [2.05, 4.69) is 261 Å². The number of rotatable bonds is 6. The molecule has 6 heteroatoms. The summed E-state index contributed by atoms with van der Waals surface area (Å²) < 4.78 is 9.46. The van der Waals surface area contributed by atoms with Crippen LogP contribution in [0.3, 0.4) is 0 Å². The molecule has 0 unspecified atom stereocenters. The molecule has 0 radical (unpaired) electrons. The Hall–Kier alpha value is -9.52. The molecule has 0 spiro atoms. The van der Waals surface area contributed by atoms with Crippen molar-refractivity contribution in [3.63, 3.8) is 0 Å². The Morgan fingerprint density at radius 3 is 0.886 bits per heavy atom. The van der Waals surface area contributed by atoms with Crippen LogP contribution in [0.25, 0.3) is 133 Å². The second kappa shape index (κ2) is 15.0. The number of hydrogen-bond donors (Lipinski definition) is 0. The first-order valence-electron chi connectivity index (χ1n) is 23.8. The number of para-hydroxylation sites is 6. The monoisotopic (exact) mass is 892 g/mol. The Labute approximate surface area is 401 Å². The van der Waals surface area contributed by atoms with Crippen LogP contribution in [0.2, 0.25) is 0 Å². The number of pyridine rings is 2. The zero-order valence-corrected chi connectivity index (χ0v) is 37.8. The molecular formula is C64H40N6. The van der Waals surface area contributed by atoms with Gasteiger partial charge in [-0.15, -0.1) is 0 Å². The van der Waals surface area contributed by atoms with Gasteiger partial charge in [-0.2, -0.15) is 0 Å². The van der Waals surface area contributed by atoms with Crippen molar-refractivity contribution in [1.82, 2.24) is 28.2 Å². The fraction of sp³-hybridized carbons (Fsp3) is 0. The van der Waals surface area contributed by atoms with Gasteiger partial charge in [0.2, 0.25) is 0 Å². The van der Waals surface area contributed by atoms with Crippen molar-refractivity contribution in [3.8, 4) is 45.5 Å². The first-order chi connectivity index (χ1) is 34.7. The lowest BCUT2D eigenvalue weighted by Gasteiger charge is -2.14. The standard InChI is InChI=1S/C64H40N6/c1-7-29-55-45(21-1)46-22-2-8-30-56(46)67(55)43-19-13-17-41(39-43)53-27-15-35-61(65-53)69-59-33-11-5-25-49(59)51-37-38-52-50-26-6-12-34-60(50)70(64(52)63(51)69)62-36-16-28-54(66-62)42-18-14-20-44(40-42)68-57-31-9-3-23-47(57)48-24-4-10-32-58(48)68/h1-40H. The molecule has 0 N–H and O–H groups in total. The summed E-state index contributed by atoms with van der Waals surface area (Å²) in [4.78, 5) is 11.1. The molecule has 9 aromatic carbocycles. The van der Waals surface area contributed by atoms with Crippen molar-refractivity contribution in [3.05, 3.63) is 243 Å². The first kappa shape index (κ1) is 38.6. The molecule has 15 aromatic rings. The summed E-state index contributed by atoms with van der Waals surface area (Å²) in [5.41, 5.74) is 15.2. The van der Waals surface area contributed by atoms with E-state index in [0.717, 1.165) is 78.4 Å². The van der Waals surface area contributed by atoms with Crippen LogP contribution in [0.4, 0.5) is 0 Å². The first-order valence-corrected chi connectivity index (χ1v) is 23.8. The maximum Gasteiger partial charge on any atom is 0.138 e. The number of hydrogen-bond acceptors (Lipinski definition) is 2. The van der Waals surface area contributed by atoms with Gasteiger partial charge in [-0.25, -0.2) is 9.97 Å². The van der Waals surface area contributed by atoms with Crippen LogP contribution in [-0.2, 0) is 0 Å². The highest BCUT2D eigenvalue weighted by molar-refractivity contribution is 6.24. The average Bonchev–Trinajstić information content (AvgIpc) is 4.16. The molecule has 0 aliphatic rings. The van der Waals surface area contributed by atoms with Gasteiger partial charge in [0.1, 0.15) is 11.6 Å². The van der Waals surface area contributed by atoms with Gasteiger partial charge in [-0.3, -0.25) is 9.13 Å².